The molecule has 2 aromatic carbocycles. The Balaban J connectivity index is 1.73. The molecule has 0 unspecified atom stereocenters. The monoisotopic (exact) mass is 451 g/mol. The average molecular weight is 452 g/mol. The molecule has 2 aliphatic rings. The van der Waals surface area contributed by atoms with Crippen LogP contribution in [0.4, 0.5) is 4.39 Å². The molecule has 1 heterocycles. The summed E-state index contributed by atoms with van der Waals surface area (Å²) in [5.41, 5.74) is 1.37. The predicted molar refractivity (Wildman–Crippen MR) is 106 cm³/mol. The fraction of sp³-hybridized carbons (Fsp3) is 0.429. The van der Waals surface area contributed by atoms with E-state index in [4.69, 9.17) is 14.3 Å². The van der Waals surface area contributed by atoms with Crippen molar-refractivity contribution in [2.75, 3.05) is 20.8 Å². The van der Waals surface area contributed by atoms with E-state index >= 15 is 0 Å². The Bertz CT molecular complexity index is 879. The van der Waals surface area contributed by atoms with Crippen molar-refractivity contribution in [3.8, 4) is 11.5 Å². The van der Waals surface area contributed by atoms with E-state index in [1.54, 1.807) is 26.4 Å². The minimum atomic E-state index is -0.513. The fourth-order valence-corrected chi connectivity index (χ4v) is 4.90. The van der Waals surface area contributed by atoms with Crippen molar-refractivity contribution in [2.45, 2.75) is 31.0 Å². The van der Waals surface area contributed by atoms with Crippen LogP contribution < -0.4 is 9.47 Å². The Hall–Kier alpha value is -1.67. The van der Waals surface area contributed by atoms with Gasteiger partial charge in [-0.1, -0.05) is 12.1 Å². The highest BCUT2D eigenvalue weighted by Crippen LogP contribution is 2.53. The zero-order valence-corrected chi connectivity index (χ0v) is 17.4. The van der Waals surface area contributed by atoms with E-state index in [2.05, 4.69) is 15.9 Å². The van der Waals surface area contributed by atoms with E-state index in [0.29, 0.717) is 42.0 Å². The van der Waals surface area contributed by atoms with E-state index in [1.165, 1.54) is 6.07 Å². The van der Waals surface area contributed by atoms with Gasteiger partial charge in [0.15, 0.2) is 0 Å². The van der Waals surface area contributed by atoms with Crippen molar-refractivity contribution >= 4 is 15.9 Å². The maximum Gasteiger partial charge on any atom is 0.137 e. The molecular formula is C21H23BrFNO4. The lowest BCUT2D eigenvalue weighted by Gasteiger charge is -2.37. The molecule has 1 aliphatic heterocycles. The van der Waals surface area contributed by atoms with Gasteiger partial charge in [-0.05, 0) is 52.5 Å². The molecule has 3 atom stereocenters. The van der Waals surface area contributed by atoms with Crippen LogP contribution in [0.25, 0.3) is 0 Å². The molecule has 2 fully saturated rings. The number of rotatable bonds is 5. The Labute approximate surface area is 172 Å². The molecule has 1 N–H and O–H groups in total. The van der Waals surface area contributed by atoms with Crippen LogP contribution in [0.2, 0.25) is 0 Å². The van der Waals surface area contributed by atoms with Gasteiger partial charge in [-0.25, -0.2) is 4.39 Å². The molecule has 4 rings (SSSR count). The first-order valence-electron chi connectivity index (χ1n) is 9.23. The average Bonchev–Trinajstić information content (AvgIpc) is 3.20. The second kappa shape index (κ2) is 7.63. The third kappa shape index (κ3) is 3.20. The molecule has 150 valence electrons. The van der Waals surface area contributed by atoms with Crippen LogP contribution in [0.1, 0.15) is 24.0 Å². The van der Waals surface area contributed by atoms with Gasteiger partial charge in [-0.2, -0.15) is 5.06 Å². The second-order valence-corrected chi connectivity index (χ2v) is 8.21. The second-order valence-electron chi connectivity index (χ2n) is 7.35. The molecular weight excluding hydrogens is 429 g/mol. The number of aliphatic hydroxyl groups excluding tert-OH is 1. The third-order valence-electron chi connectivity index (χ3n) is 5.88. The molecule has 2 aromatic rings. The van der Waals surface area contributed by atoms with Gasteiger partial charge in [0.2, 0.25) is 0 Å². The Kier molecular flexibility index (Phi) is 5.35. The van der Waals surface area contributed by atoms with Crippen LogP contribution in [0.3, 0.4) is 0 Å². The topological polar surface area (TPSA) is 51.2 Å². The van der Waals surface area contributed by atoms with Crippen molar-refractivity contribution in [3.63, 3.8) is 0 Å². The van der Waals surface area contributed by atoms with Gasteiger partial charge in [0.1, 0.15) is 17.3 Å². The number of hydroxylamine groups is 2. The Morgan fingerprint density at radius 2 is 2.07 bits per heavy atom. The Morgan fingerprint density at radius 3 is 2.79 bits per heavy atom. The number of fused-ring (bicyclic) bond motifs is 1. The molecule has 0 aromatic heterocycles. The van der Waals surface area contributed by atoms with Crippen molar-refractivity contribution < 1.29 is 23.8 Å². The molecule has 1 saturated heterocycles. The lowest BCUT2D eigenvalue weighted by atomic mass is 9.81. The number of ether oxygens (including phenoxy) is 2. The van der Waals surface area contributed by atoms with Gasteiger partial charge in [-0.15, -0.1) is 0 Å². The van der Waals surface area contributed by atoms with Crippen LogP contribution in [0, 0.1) is 11.7 Å². The van der Waals surface area contributed by atoms with E-state index in [9.17, 15) is 9.50 Å². The zero-order valence-electron chi connectivity index (χ0n) is 15.8. The number of methoxy groups -OCH3 is 2. The third-order valence-corrected chi connectivity index (χ3v) is 6.49. The van der Waals surface area contributed by atoms with Gasteiger partial charge < -0.3 is 14.6 Å². The highest BCUT2D eigenvalue weighted by Gasteiger charge is 2.57. The first-order chi connectivity index (χ1) is 13.5. The van der Waals surface area contributed by atoms with Gasteiger partial charge in [0.25, 0.3) is 0 Å². The van der Waals surface area contributed by atoms with Crippen LogP contribution in [0.5, 0.6) is 11.5 Å². The minimum Gasteiger partial charge on any atom is -0.497 e. The zero-order chi connectivity index (χ0) is 19.9. The first kappa shape index (κ1) is 19.6. The van der Waals surface area contributed by atoms with Gasteiger partial charge >= 0.3 is 0 Å². The number of hydrogen-bond acceptors (Lipinski definition) is 5. The number of benzene rings is 2. The summed E-state index contributed by atoms with van der Waals surface area (Å²) < 4.78 is 25.1. The molecule has 1 saturated carbocycles. The van der Waals surface area contributed by atoms with Crippen molar-refractivity contribution in [3.05, 3.63) is 57.8 Å². The normalized spacial score (nSPS) is 27.0. The first-order valence-corrected chi connectivity index (χ1v) is 10.0. The summed E-state index contributed by atoms with van der Waals surface area (Å²) in [6, 6.07) is 10.7. The van der Waals surface area contributed by atoms with E-state index < -0.39 is 11.6 Å². The van der Waals surface area contributed by atoms with Gasteiger partial charge in [0, 0.05) is 17.5 Å². The quantitative estimate of drug-likeness (QED) is 0.743. The van der Waals surface area contributed by atoms with E-state index in [1.807, 2.05) is 23.3 Å². The standard InChI is InChI=1S/C21H23BrFNO4/c1-26-17-5-3-13(20(9-17)27-2)11-24-21(10-16(25)7-15(21)12-28-24)14-4-6-19(23)18(22)8-14/h3-6,8-9,15-16,25H,7,10-12H2,1-2H3/t15-,16+,21+/m0/s1. The minimum absolute atomic E-state index is 0.129. The Morgan fingerprint density at radius 1 is 1.25 bits per heavy atom. The van der Waals surface area contributed by atoms with E-state index in [0.717, 1.165) is 11.1 Å². The van der Waals surface area contributed by atoms with Crippen molar-refractivity contribution in [2.24, 2.45) is 5.92 Å². The highest BCUT2D eigenvalue weighted by molar-refractivity contribution is 9.10. The number of halogens is 2. The molecule has 28 heavy (non-hydrogen) atoms. The molecule has 1 aliphatic carbocycles. The summed E-state index contributed by atoms with van der Waals surface area (Å²) >= 11 is 3.30. The van der Waals surface area contributed by atoms with Crippen molar-refractivity contribution in [1.29, 1.82) is 0 Å². The van der Waals surface area contributed by atoms with Gasteiger partial charge in [-0.3, -0.25) is 4.84 Å². The smallest absolute Gasteiger partial charge is 0.137 e. The largest absolute Gasteiger partial charge is 0.497 e. The maximum absolute atomic E-state index is 13.8. The van der Waals surface area contributed by atoms with Crippen LogP contribution in [-0.2, 0) is 16.9 Å². The summed E-state index contributed by atoms with van der Waals surface area (Å²) in [5.74, 6) is 1.25. The number of nitrogens with zero attached hydrogens (tertiary/aromatic N) is 1. The summed E-state index contributed by atoms with van der Waals surface area (Å²) in [4.78, 5) is 6.08. The molecule has 0 amide bonds. The van der Waals surface area contributed by atoms with E-state index in [-0.39, 0.29) is 11.7 Å². The summed E-state index contributed by atoms with van der Waals surface area (Å²) in [6.45, 7) is 0.996. The molecule has 0 spiro atoms. The molecule has 0 bridgehead atoms. The SMILES string of the molecule is COc1ccc(CN2OC[C@@H]3C[C@@H](O)C[C@@]32c2ccc(F)c(Br)c2)c(OC)c1. The summed E-state index contributed by atoms with van der Waals surface area (Å²) in [7, 11) is 3.24. The molecule has 5 nitrogen and oxygen atoms in total. The number of hydrogen-bond donors (Lipinski definition) is 1. The van der Waals surface area contributed by atoms with Crippen LogP contribution in [-0.4, -0.2) is 37.1 Å². The summed E-state index contributed by atoms with van der Waals surface area (Å²) in [5, 5.41) is 12.4. The lowest BCUT2D eigenvalue weighted by Crippen LogP contribution is -2.42. The molecule has 0 radical (unpaired) electrons. The van der Waals surface area contributed by atoms with Gasteiger partial charge in [0.05, 0.1) is 43.5 Å². The lowest BCUT2D eigenvalue weighted by molar-refractivity contribution is -0.180. The summed E-state index contributed by atoms with van der Waals surface area (Å²) in [6.07, 6.45) is 0.775. The van der Waals surface area contributed by atoms with Crippen LogP contribution in [0.15, 0.2) is 40.9 Å². The maximum atomic E-state index is 13.8. The highest BCUT2D eigenvalue weighted by atomic mass is 79.9. The van der Waals surface area contributed by atoms with Crippen molar-refractivity contribution in [1.82, 2.24) is 5.06 Å². The number of aliphatic hydroxyl groups is 1. The van der Waals surface area contributed by atoms with Crippen LogP contribution >= 0.6 is 15.9 Å². The predicted octanol–water partition coefficient (Wildman–Crippen LogP) is 4.02. The molecule has 7 heteroatoms. The fourth-order valence-electron chi connectivity index (χ4n) is 4.53.